The first-order chi connectivity index (χ1) is 14.3. The van der Waals surface area contributed by atoms with Gasteiger partial charge in [0.25, 0.3) is 0 Å². The summed E-state index contributed by atoms with van der Waals surface area (Å²) in [7, 11) is 0. The molecule has 0 aromatic heterocycles. The van der Waals surface area contributed by atoms with Crippen LogP contribution in [0.4, 0.5) is 0 Å². The lowest BCUT2D eigenvalue weighted by atomic mass is 9.77. The molecule has 4 atom stereocenters. The lowest BCUT2D eigenvalue weighted by Gasteiger charge is -2.34. The summed E-state index contributed by atoms with van der Waals surface area (Å²) in [6.45, 7) is 12.3. The Balaban J connectivity index is 2.66. The van der Waals surface area contributed by atoms with Crippen LogP contribution in [0.1, 0.15) is 80.6 Å². The normalized spacial score (nSPS) is 33.2. The molecule has 2 aliphatic rings. The van der Waals surface area contributed by atoms with Gasteiger partial charge in [-0.1, -0.05) is 45.4 Å². The van der Waals surface area contributed by atoms with Crippen molar-refractivity contribution in [2.24, 2.45) is 17.3 Å². The average molecular weight is 433 g/mol. The van der Waals surface area contributed by atoms with Gasteiger partial charge in [0.2, 0.25) is 5.78 Å². The maximum absolute atomic E-state index is 13.7. The van der Waals surface area contributed by atoms with Gasteiger partial charge in [-0.2, -0.15) is 0 Å². The summed E-state index contributed by atoms with van der Waals surface area (Å²) in [6.07, 6.45) is 4.91. The largest absolute Gasteiger partial charge is 0.461 e. The number of carbonyl (C=O) groups excluding carboxylic acids is 4. The maximum Gasteiger partial charge on any atom is 0.305 e. The highest BCUT2D eigenvalue weighted by Gasteiger charge is 2.60. The van der Waals surface area contributed by atoms with Crippen molar-refractivity contribution < 1.29 is 28.7 Å². The van der Waals surface area contributed by atoms with Gasteiger partial charge < -0.3 is 9.47 Å². The third kappa shape index (κ3) is 5.34. The van der Waals surface area contributed by atoms with Crippen LogP contribution in [0.3, 0.4) is 0 Å². The SMILES string of the molecule is CCC(=O)O[C@H]1[C@@H](C)C[C@]2(OC(C)=O)C(=O)C(C)=CCC(C)(C)C(=O)CC/C(C)=C/[C@@H]12. The predicted molar refractivity (Wildman–Crippen MR) is 117 cm³/mol. The topological polar surface area (TPSA) is 86.7 Å². The van der Waals surface area contributed by atoms with Gasteiger partial charge in [-0.25, -0.2) is 0 Å². The molecule has 0 bridgehead atoms. The minimum absolute atomic E-state index is 0.136. The van der Waals surface area contributed by atoms with Crippen molar-refractivity contribution in [3.05, 3.63) is 23.3 Å². The molecule has 6 heteroatoms. The molecule has 0 aromatic carbocycles. The van der Waals surface area contributed by atoms with Crippen molar-refractivity contribution in [1.82, 2.24) is 0 Å². The fourth-order valence-electron chi connectivity index (χ4n) is 4.65. The number of carbonyl (C=O) groups is 4. The van der Waals surface area contributed by atoms with Gasteiger partial charge in [-0.05, 0) is 38.2 Å². The van der Waals surface area contributed by atoms with E-state index in [0.29, 0.717) is 24.8 Å². The van der Waals surface area contributed by atoms with Gasteiger partial charge in [-0.15, -0.1) is 0 Å². The Kier molecular flexibility index (Phi) is 7.66. The zero-order valence-electron chi connectivity index (χ0n) is 19.9. The number of Topliss-reactive ketones (excluding diaryl/α,β-unsaturated/α-hetero) is 2. The van der Waals surface area contributed by atoms with Gasteiger partial charge in [0.05, 0.1) is 5.92 Å². The second kappa shape index (κ2) is 9.49. The first-order valence-electron chi connectivity index (χ1n) is 11.1. The molecule has 0 amide bonds. The first kappa shape index (κ1) is 25.0. The summed E-state index contributed by atoms with van der Waals surface area (Å²) >= 11 is 0. The number of fused-ring (bicyclic) bond motifs is 1. The second-order valence-electron chi connectivity index (χ2n) is 9.74. The minimum atomic E-state index is -1.43. The molecule has 172 valence electrons. The molecule has 0 radical (unpaired) electrons. The Hall–Kier alpha value is -2.24. The molecule has 0 saturated heterocycles. The van der Waals surface area contributed by atoms with E-state index in [9.17, 15) is 19.2 Å². The molecule has 0 heterocycles. The predicted octanol–water partition coefficient (Wildman–Crippen LogP) is 4.51. The van der Waals surface area contributed by atoms with E-state index in [1.807, 2.05) is 33.8 Å². The fourth-order valence-corrected chi connectivity index (χ4v) is 4.65. The van der Waals surface area contributed by atoms with E-state index in [1.165, 1.54) is 6.92 Å². The smallest absolute Gasteiger partial charge is 0.305 e. The van der Waals surface area contributed by atoms with Crippen molar-refractivity contribution >= 4 is 23.5 Å². The Morgan fingerprint density at radius 2 is 1.81 bits per heavy atom. The van der Waals surface area contributed by atoms with Crippen LogP contribution in [-0.4, -0.2) is 35.2 Å². The monoisotopic (exact) mass is 432 g/mol. The van der Waals surface area contributed by atoms with Crippen molar-refractivity contribution in [1.29, 1.82) is 0 Å². The zero-order valence-corrected chi connectivity index (χ0v) is 19.9. The van der Waals surface area contributed by atoms with Crippen LogP contribution < -0.4 is 0 Å². The van der Waals surface area contributed by atoms with E-state index in [2.05, 4.69) is 0 Å². The zero-order chi connectivity index (χ0) is 23.6. The van der Waals surface area contributed by atoms with Gasteiger partial charge >= 0.3 is 11.9 Å². The van der Waals surface area contributed by atoms with Crippen LogP contribution in [0.5, 0.6) is 0 Å². The molecule has 31 heavy (non-hydrogen) atoms. The third-order valence-corrected chi connectivity index (χ3v) is 6.59. The molecule has 1 saturated carbocycles. The van der Waals surface area contributed by atoms with E-state index in [4.69, 9.17) is 9.47 Å². The molecule has 6 nitrogen and oxygen atoms in total. The maximum atomic E-state index is 13.7. The standard InChI is InChI=1S/C25H36O6/c1-8-21(28)30-22-17(4)14-25(31-18(5)26)19(22)13-15(2)9-10-20(27)24(6,7)12-11-16(3)23(25)29/h11,13,17,19,22H,8-10,12,14H2,1-7H3/b15-13+,16-11?/t17-,19-,22-,25+/m0/s1. The molecule has 0 unspecified atom stereocenters. The minimum Gasteiger partial charge on any atom is -0.461 e. The number of ether oxygens (including phenoxy) is 2. The summed E-state index contributed by atoms with van der Waals surface area (Å²) in [6, 6.07) is 0. The highest BCUT2D eigenvalue weighted by atomic mass is 16.6. The summed E-state index contributed by atoms with van der Waals surface area (Å²) in [4.78, 5) is 50.8. The van der Waals surface area contributed by atoms with Gasteiger partial charge in [0.1, 0.15) is 11.9 Å². The molecular weight excluding hydrogens is 396 g/mol. The number of allylic oxidation sites excluding steroid dienone is 2. The molecule has 2 aliphatic carbocycles. The summed E-state index contributed by atoms with van der Waals surface area (Å²) in [5, 5.41) is 0. The second-order valence-corrected chi connectivity index (χ2v) is 9.74. The number of hydrogen-bond donors (Lipinski definition) is 0. The van der Waals surface area contributed by atoms with E-state index < -0.39 is 29.0 Å². The Bertz CT molecular complexity index is 818. The van der Waals surface area contributed by atoms with Gasteiger partial charge in [-0.3, -0.25) is 19.2 Å². The number of esters is 2. The van der Waals surface area contributed by atoms with Crippen molar-refractivity contribution in [3.8, 4) is 0 Å². The van der Waals surface area contributed by atoms with Crippen molar-refractivity contribution in [2.45, 2.75) is 92.3 Å². The van der Waals surface area contributed by atoms with Crippen LogP contribution in [0.2, 0.25) is 0 Å². The Labute approximate surface area is 185 Å². The number of rotatable bonds is 3. The first-order valence-corrected chi connectivity index (χ1v) is 11.1. The van der Waals surface area contributed by atoms with E-state index >= 15 is 0 Å². The molecule has 0 aliphatic heterocycles. The Morgan fingerprint density at radius 1 is 1.16 bits per heavy atom. The van der Waals surface area contributed by atoms with Gasteiger partial charge in [0, 0.05) is 31.6 Å². The molecule has 0 aromatic rings. The van der Waals surface area contributed by atoms with Crippen molar-refractivity contribution in [2.75, 3.05) is 0 Å². The fraction of sp³-hybridized carbons (Fsp3) is 0.680. The van der Waals surface area contributed by atoms with Gasteiger partial charge in [0.15, 0.2) is 5.60 Å². The molecule has 0 spiro atoms. The quantitative estimate of drug-likeness (QED) is 0.482. The average Bonchev–Trinajstić information content (AvgIpc) is 2.93. The third-order valence-electron chi connectivity index (χ3n) is 6.59. The molecule has 1 fully saturated rings. The van der Waals surface area contributed by atoms with E-state index in [-0.39, 0.29) is 36.3 Å². The van der Waals surface area contributed by atoms with Crippen LogP contribution in [0.25, 0.3) is 0 Å². The lowest BCUT2D eigenvalue weighted by molar-refractivity contribution is -0.170. The summed E-state index contributed by atoms with van der Waals surface area (Å²) < 4.78 is 11.5. The van der Waals surface area contributed by atoms with Crippen LogP contribution in [0, 0.1) is 17.3 Å². The molecule has 2 rings (SSSR count). The lowest BCUT2D eigenvalue weighted by Crippen LogP contribution is -2.48. The van der Waals surface area contributed by atoms with Crippen molar-refractivity contribution in [3.63, 3.8) is 0 Å². The Morgan fingerprint density at radius 3 is 2.39 bits per heavy atom. The highest BCUT2D eigenvalue weighted by Crippen LogP contribution is 2.48. The molecule has 0 N–H and O–H groups in total. The summed E-state index contributed by atoms with van der Waals surface area (Å²) in [5.74, 6) is -1.84. The van der Waals surface area contributed by atoms with E-state index in [1.54, 1.807) is 19.9 Å². The van der Waals surface area contributed by atoms with E-state index in [0.717, 1.165) is 5.57 Å². The van der Waals surface area contributed by atoms with Crippen LogP contribution in [0.15, 0.2) is 23.3 Å². The van der Waals surface area contributed by atoms with Crippen LogP contribution in [-0.2, 0) is 28.7 Å². The number of hydrogen-bond acceptors (Lipinski definition) is 6. The number of ketones is 2. The molecular formula is C25H36O6. The van der Waals surface area contributed by atoms with Crippen LogP contribution >= 0.6 is 0 Å². The highest BCUT2D eigenvalue weighted by molar-refractivity contribution is 6.03. The summed E-state index contributed by atoms with van der Waals surface area (Å²) in [5.41, 5.74) is -0.656.